The van der Waals surface area contributed by atoms with Gasteiger partial charge in [-0.25, -0.2) is 8.42 Å². The Balaban J connectivity index is 2.58. The molecule has 0 saturated carbocycles. The molecule has 0 amide bonds. The normalized spacial score (nSPS) is 11.9. The Morgan fingerprint density at radius 3 is 2.69 bits per heavy atom. The van der Waals surface area contributed by atoms with Crippen molar-refractivity contribution in [2.24, 2.45) is 0 Å². The molecule has 0 atom stereocenters. The van der Waals surface area contributed by atoms with E-state index in [0.29, 0.717) is 12.3 Å². The van der Waals surface area contributed by atoms with E-state index in [1.54, 1.807) is 19.2 Å². The van der Waals surface area contributed by atoms with Crippen molar-refractivity contribution in [1.29, 1.82) is 0 Å². The second-order valence-electron chi connectivity index (χ2n) is 3.48. The zero-order valence-electron chi connectivity index (χ0n) is 9.52. The fourth-order valence-electron chi connectivity index (χ4n) is 1.27. The third kappa shape index (κ3) is 4.34. The first-order valence-electron chi connectivity index (χ1n) is 4.99. The highest BCUT2D eigenvalue weighted by molar-refractivity contribution is 7.90. The van der Waals surface area contributed by atoms with Gasteiger partial charge in [0.15, 0.2) is 9.84 Å². The van der Waals surface area contributed by atoms with Crippen molar-refractivity contribution < 1.29 is 17.6 Å². The molecular weight excluding hydrogens is 230 g/mol. The minimum Gasteiger partial charge on any atom is -0.464 e. The number of hydrogen-bond donors (Lipinski definition) is 1. The van der Waals surface area contributed by atoms with E-state index < -0.39 is 9.84 Å². The molecule has 0 saturated heterocycles. The molecule has 1 aromatic heterocycles. The van der Waals surface area contributed by atoms with Gasteiger partial charge in [-0.15, -0.1) is 0 Å². The maximum atomic E-state index is 11.6. The quantitative estimate of drug-likeness (QED) is 0.762. The van der Waals surface area contributed by atoms with Crippen LogP contribution in [-0.4, -0.2) is 34.9 Å². The zero-order valence-corrected chi connectivity index (χ0v) is 10.3. The summed E-state index contributed by atoms with van der Waals surface area (Å²) in [6.07, 6.45) is 0. The van der Waals surface area contributed by atoms with Crippen molar-refractivity contribution in [2.75, 3.05) is 26.5 Å². The van der Waals surface area contributed by atoms with Crippen LogP contribution in [0.25, 0.3) is 0 Å². The van der Waals surface area contributed by atoms with Crippen LogP contribution in [0, 0.1) is 0 Å². The summed E-state index contributed by atoms with van der Waals surface area (Å²) in [6, 6.07) is 3.47. The average molecular weight is 247 g/mol. The first-order chi connectivity index (χ1) is 7.57. The van der Waals surface area contributed by atoms with E-state index >= 15 is 0 Å². The first kappa shape index (κ1) is 13.2. The second kappa shape index (κ2) is 6.03. The minimum atomic E-state index is -3.14. The minimum absolute atomic E-state index is 0.0194. The van der Waals surface area contributed by atoms with Crippen molar-refractivity contribution in [3.05, 3.63) is 23.7 Å². The van der Waals surface area contributed by atoms with Gasteiger partial charge < -0.3 is 14.5 Å². The summed E-state index contributed by atoms with van der Waals surface area (Å²) < 4.78 is 33.2. The molecule has 0 unspecified atom stereocenters. The van der Waals surface area contributed by atoms with Crippen molar-refractivity contribution >= 4 is 9.84 Å². The lowest BCUT2D eigenvalue weighted by atomic mass is 10.4. The number of furan rings is 1. The molecule has 0 aliphatic carbocycles. The lowest BCUT2D eigenvalue weighted by Crippen LogP contribution is -2.13. The smallest absolute Gasteiger partial charge is 0.159 e. The summed E-state index contributed by atoms with van der Waals surface area (Å²) >= 11 is 0. The highest BCUT2D eigenvalue weighted by Crippen LogP contribution is 2.11. The SMILES string of the molecule is CNCc1ccc(CS(=O)(=O)CCOC)o1. The molecule has 1 rings (SSSR count). The Bertz CT molecular complexity index is 410. The second-order valence-corrected chi connectivity index (χ2v) is 5.67. The fraction of sp³-hybridized carbons (Fsp3) is 0.600. The van der Waals surface area contributed by atoms with E-state index in [1.807, 2.05) is 0 Å². The van der Waals surface area contributed by atoms with Crippen molar-refractivity contribution in [3.8, 4) is 0 Å². The van der Waals surface area contributed by atoms with E-state index in [2.05, 4.69) is 5.32 Å². The third-order valence-corrected chi connectivity index (χ3v) is 3.54. The molecular formula is C10H17NO4S. The topological polar surface area (TPSA) is 68.5 Å². The van der Waals surface area contributed by atoms with Gasteiger partial charge in [0.05, 0.1) is 18.9 Å². The van der Waals surface area contributed by atoms with Gasteiger partial charge in [-0.3, -0.25) is 0 Å². The predicted molar refractivity (Wildman–Crippen MR) is 60.8 cm³/mol. The van der Waals surface area contributed by atoms with Gasteiger partial charge in [-0.05, 0) is 19.2 Å². The summed E-state index contributed by atoms with van der Waals surface area (Å²) in [7, 11) is 0.145. The number of methoxy groups -OCH3 is 1. The fourth-order valence-corrected chi connectivity index (χ4v) is 2.42. The molecule has 0 radical (unpaired) electrons. The number of rotatable bonds is 7. The molecule has 1 N–H and O–H groups in total. The van der Waals surface area contributed by atoms with Crippen LogP contribution in [0.2, 0.25) is 0 Å². The van der Waals surface area contributed by atoms with Gasteiger partial charge in [-0.1, -0.05) is 0 Å². The molecule has 0 bridgehead atoms. The Hall–Kier alpha value is -0.850. The van der Waals surface area contributed by atoms with E-state index in [1.165, 1.54) is 7.11 Å². The van der Waals surface area contributed by atoms with Crippen LogP contribution in [0.5, 0.6) is 0 Å². The summed E-state index contributed by atoms with van der Waals surface area (Å²) in [5, 5.41) is 2.93. The predicted octanol–water partition coefficient (Wildman–Crippen LogP) is 0.560. The van der Waals surface area contributed by atoms with Crippen molar-refractivity contribution in [2.45, 2.75) is 12.3 Å². The molecule has 0 aliphatic rings. The molecule has 0 fully saturated rings. The maximum absolute atomic E-state index is 11.6. The van der Waals surface area contributed by atoms with Crippen LogP contribution >= 0.6 is 0 Å². The average Bonchev–Trinajstić information content (AvgIpc) is 2.62. The van der Waals surface area contributed by atoms with Gasteiger partial charge in [0.1, 0.15) is 17.3 Å². The number of nitrogens with one attached hydrogen (secondary N) is 1. The zero-order chi connectivity index (χ0) is 12.0. The summed E-state index contributed by atoms with van der Waals surface area (Å²) in [5.74, 6) is 1.16. The number of sulfone groups is 1. The van der Waals surface area contributed by atoms with Gasteiger partial charge >= 0.3 is 0 Å². The van der Waals surface area contributed by atoms with E-state index in [9.17, 15) is 8.42 Å². The Labute approximate surface area is 95.7 Å². The van der Waals surface area contributed by atoms with E-state index in [0.717, 1.165) is 5.76 Å². The largest absolute Gasteiger partial charge is 0.464 e. The van der Waals surface area contributed by atoms with Crippen LogP contribution in [0.4, 0.5) is 0 Å². The van der Waals surface area contributed by atoms with Crippen LogP contribution in [-0.2, 0) is 26.9 Å². The molecule has 6 heteroatoms. The van der Waals surface area contributed by atoms with Crippen LogP contribution < -0.4 is 5.32 Å². The molecule has 92 valence electrons. The lowest BCUT2D eigenvalue weighted by molar-refractivity contribution is 0.217. The Kier molecular flexibility index (Phi) is 4.98. The van der Waals surface area contributed by atoms with Crippen LogP contribution in [0.3, 0.4) is 0 Å². The Morgan fingerprint density at radius 1 is 1.38 bits per heavy atom. The summed E-state index contributed by atoms with van der Waals surface area (Å²) in [4.78, 5) is 0. The third-order valence-electron chi connectivity index (χ3n) is 2.03. The lowest BCUT2D eigenvalue weighted by Gasteiger charge is -2.01. The van der Waals surface area contributed by atoms with E-state index in [4.69, 9.17) is 9.15 Å². The van der Waals surface area contributed by atoms with Crippen LogP contribution in [0.1, 0.15) is 11.5 Å². The van der Waals surface area contributed by atoms with Gasteiger partial charge in [-0.2, -0.15) is 0 Å². The number of ether oxygens (including phenoxy) is 1. The standard InChI is InChI=1S/C10H17NO4S/c1-11-7-9-3-4-10(15-9)8-16(12,13)6-5-14-2/h3-4,11H,5-8H2,1-2H3. The Morgan fingerprint density at radius 2 is 2.06 bits per heavy atom. The first-order valence-corrected chi connectivity index (χ1v) is 6.81. The highest BCUT2D eigenvalue weighted by Gasteiger charge is 2.14. The summed E-state index contributed by atoms with van der Waals surface area (Å²) in [5.41, 5.74) is 0. The van der Waals surface area contributed by atoms with Crippen molar-refractivity contribution in [3.63, 3.8) is 0 Å². The maximum Gasteiger partial charge on any atom is 0.159 e. The molecule has 0 aromatic carbocycles. The highest BCUT2D eigenvalue weighted by atomic mass is 32.2. The summed E-state index contributed by atoms with van der Waals surface area (Å²) in [6.45, 7) is 0.810. The molecule has 0 aliphatic heterocycles. The van der Waals surface area contributed by atoms with Crippen molar-refractivity contribution in [1.82, 2.24) is 5.32 Å². The number of hydrogen-bond acceptors (Lipinski definition) is 5. The molecule has 1 aromatic rings. The van der Waals surface area contributed by atoms with Gasteiger partial charge in [0.2, 0.25) is 0 Å². The monoisotopic (exact) mass is 247 g/mol. The van der Waals surface area contributed by atoms with E-state index in [-0.39, 0.29) is 18.1 Å². The molecule has 5 nitrogen and oxygen atoms in total. The van der Waals surface area contributed by atoms with Gasteiger partial charge in [0.25, 0.3) is 0 Å². The van der Waals surface area contributed by atoms with Gasteiger partial charge in [0, 0.05) is 7.11 Å². The molecule has 0 spiro atoms. The molecule has 16 heavy (non-hydrogen) atoms. The molecule has 1 heterocycles. The van der Waals surface area contributed by atoms with Crippen LogP contribution in [0.15, 0.2) is 16.5 Å².